The van der Waals surface area contributed by atoms with Crippen molar-refractivity contribution in [3.63, 3.8) is 0 Å². The molecule has 2 aromatic rings. The first kappa shape index (κ1) is 26.2. The van der Waals surface area contributed by atoms with Crippen LogP contribution in [0, 0.1) is 11.3 Å². The van der Waals surface area contributed by atoms with Gasteiger partial charge in [0.25, 0.3) is 0 Å². The van der Waals surface area contributed by atoms with E-state index >= 15 is 0 Å². The molecule has 1 aromatic heterocycles. The van der Waals surface area contributed by atoms with E-state index in [1.54, 1.807) is 25.3 Å². The number of nitrogens with zero attached hydrogens (tertiary/aromatic N) is 4. The predicted molar refractivity (Wildman–Crippen MR) is 140 cm³/mol. The van der Waals surface area contributed by atoms with Gasteiger partial charge in [0.05, 0.1) is 24.3 Å². The largest absolute Gasteiger partial charge is 0.384 e. The highest BCUT2D eigenvalue weighted by molar-refractivity contribution is 7.93. The summed E-state index contributed by atoms with van der Waals surface area (Å²) in [5.41, 5.74) is 3.37. The van der Waals surface area contributed by atoms with Crippen LogP contribution in [-0.4, -0.2) is 68.8 Å². The molecular weight excluding hydrogens is 502 g/mol. The first-order valence-electron chi connectivity index (χ1n) is 11.9. The smallest absolute Gasteiger partial charge is 0.246 e. The molecule has 2 heterocycles. The highest BCUT2D eigenvalue weighted by atomic mass is 35.5. The molecule has 2 aliphatic rings. The number of pyridine rings is 1. The number of hydrogen-bond acceptors (Lipinski definition) is 7. The molecule has 1 aliphatic carbocycles. The maximum atomic E-state index is 12.5. The number of sulfonamides is 1. The molecule has 1 saturated heterocycles. The highest BCUT2D eigenvalue weighted by Gasteiger charge is 2.33. The lowest BCUT2D eigenvalue weighted by Gasteiger charge is -2.41. The van der Waals surface area contributed by atoms with Crippen LogP contribution >= 0.6 is 11.6 Å². The number of anilines is 2. The lowest BCUT2D eigenvalue weighted by atomic mass is 9.98. The van der Waals surface area contributed by atoms with E-state index < -0.39 is 15.2 Å². The average Bonchev–Trinajstić information content (AvgIpc) is 3.72. The molecule has 4 rings (SSSR count). The molecule has 36 heavy (non-hydrogen) atoms. The molecule has 1 aromatic carbocycles. The monoisotopic (exact) mass is 531 g/mol. The second kappa shape index (κ2) is 11.0. The van der Waals surface area contributed by atoms with E-state index in [4.69, 9.17) is 21.3 Å². The van der Waals surface area contributed by atoms with Crippen LogP contribution in [0.5, 0.6) is 0 Å². The number of alkyl halides is 1. The molecule has 1 atom stereocenters. The molecule has 1 N–H and O–H groups in total. The number of benzene rings is 1. The fraction of sp³-hybridized carbons (Fsp3) is 0.480. The number of ether oxygens (including phenoxy) is 1. The molecule has 2 fully saturated rings. The Balaban J connectivity index is 1.64. The van der Waals surface area contributed by atoms with E-state index in [9.17, 15) is 18.5 Å². The van der Waals surface area contributed by atoms with Crippen molar-refractivity contribution in [3.8, 4) is 17.2 Å². The summed E-state index contributed by atoms with van der Waals surface area (Å²) < 4.78 is 31.4. The van der Waals surface area contributed by atoms with Crippen molar-refractivity contribution in [2.24, 2.45) is 0 Å². The van der Waals surface area contributed by atoms with Gasteiger partial charge in [-0.3, -0.25) is 9.52 Å². The van der Waals surface area contributed by atoms with Gasteiger partial charge in [0.1, 0.15) is 17.1 Å². The Morgan fingerprint density at radius 3 is 2.72 bits per heavy atom. The summed E-state index contributed by atoms with van der Waals surface area (Å²) in [6.07, 6.45) is 2.38. The summed E-state index contributed by atoms with van der Waals surface area (Å²) in [5, 5.41) is 9.47. The van der Waals surface area contributed by atoms with Crippen LogP contribution in [0.3, 0.4) is 0 Å². The van der Waals surface area contributed by atoms with Gasteiger partial charge in [0.15, 0.2) is 0 Å². The van der Waals surface area contributed by atoms with E-state index in [1.807, 2.05) is 24.0 Å². The SMILES string of the molecule is COCCC(=O)N1CCN(c2nc(C3CC3)c(-c3cccc(NS(=O)(=O)CCl)c3)cc2C#N)CC1C. The van der Waals surface area contributed by atoms with E-state index in [2.05, 4.69) is 15.7 Å². The predicted octanol–water partition coefficient (Wildman–Crippen LogP) is 3.51. The summed E-state index contributed by atoms with van der Waals surface area (Å²) in [4.78, 5) is 21.5. The Kier molecular flexibility index (Phi) is 8.03. The molecule has 9 nitrogen and oxygen atoms in total. The number of carbonyl (C=O) groups excluding carboxylic acids is 1. The number of carbonyl (C=O) groups is 1. The first-order chi connectivity index (χ1) is 17.3. The fourth-order valence-corrected chi connectivity index (χ4v) is 5.25. The first-order valence-corrected chi connectivity index (χ1v) is 14.1. The zero-order chi connectivity index (χ0) is 25.9. The number of hydrogen-bond donors (Lipinski definition) is 1. The minimum atomic E-state index is -3.64. The van der Waals surface area contributed by atoms with Crippen LogP contribution in [0.15, 0.2) is 30.3 Å². The van der Waals surface area contributed by atoms with Gasteiger partial charge >= 0.3 is 0 Å². The number of nitrogens with one attached hydrogen (secondary N) is 1. The van der Waals surface area contributed by atoms with Gasteiger partial charge in [-0.15, -0.1) is 11.6 Å². The van der Waals surface area contributed by atoms with Crippen LogP contribution in [0.2, 0.25) is 0 Å². The van der Waals surface area contributed by atoms with Crippen LogP contribution in [0.1, 0.15) is 43.4 Å². The highest BCUT2D eigenvalue weighted by Crippen LogP contribution is 2.45. The molecule has 0 spiro atoms. The number of rotatable bonds is 9. The normalized spacial score (nSPS) is 18.1. The molecule has 0 bridgehead atoms. The number of piperazine rings is 1. The number of methoxy groups -OCH3 is 1. The summed E-state index contributed by atoms with van der Waals surface area (Å²) in [7, 11) is -2.05. The summed E-state index contributed by atoms with van der Waals surface area (Å²) in [6.45, 7) is 4.13. The number of halogens is 1. The van der Waals surface area contributed by atoms with Crippen molar-refractivity contribution in [2.75, 3.05) is 48.2 Å². The average molecular weight is 532 g/mol. The third-order valence-electron chi connectivity index (χ3n) is 6.47. The zero-order valence-electron chi connectivity index (χ0n) is 20.4. The standard InChI is InChI=1S/C25H30ClN5O4S/c1-17-15-30(9-10-31(17)23(32)8-11-35-2)25-20(14-27)13-22(24(28-25)18-6-7-18)19-4-3-5-21(12-19)29-36(33,34)16-26/h3-5,12-13,17-18,29H,6-11,15-16H2,1-2H3. The van der Waals surface area contributed by atoms with Crippen LogP contribution in [0.4, 0.5) is 11.5 Å². The Morgan fingerprint density at radius 1 is 1.31 bits per heavy atom. The Labute approximate surface area is 217 Å². The molecule has 1 aliphatic heterocycles. The molecule has 1 amide bonds. The minimum Gasteiger partial charge on any atom is -0.384 e. The van der Waals surface area contributed by atoms with Crippen LogP contribution in [0.25, 0.3) is 11.1 Å². The Bertz CT molecular complexity index is 1280. The van der Waals surface area contributed by atoms with Crippen LogP contribution < -0.4 is 9.62 Å². The summed E-state index contributed by atoms with van der Waals surface area (Å²) >= 11 is 5.54. The van der Waals surface area contributed by atoms with E-state index in [1.165, 1.54) is 0 Å². The van der Waals surface area contributed by atoms with Crippen molar-refractivity contribution in [1.29, 1.82) is 5.26 Å². The summed E-state index contributed by atoms with van der Waals surface area (Å²) in [5.74, 6) is 0.998. The van der Waals surface area contributed by atoms with E-state index in [0.717, 1.165) is 29.7 Å². The van der Waals surface area contributed by atoms with Crippen LogP contribution in [-0.2, 0) is 19.6 Å². The van der Waals surface area contributed by atoms with Crippen molar-refractivity contribution in [1.82, 2.24) is 9.88 Å². The van der Waals surface area contributed by atoms with Gasteiger partial charge in [-0.05, 0) is 43.5 Å². The van der Waals surface area contributed by atoms with Gasteiger partial charge in [0.2, 0.25) is 15.9 Å². The Morgan fingerprint density at radius 2 is 2.08 bits per heavy atom. The van der Waals surface area contributed by atoms with E-state index in [-0.39, 0.29) is 11.9 Å². The van der Waals surface area contributed by atoms with Crippen molar-refractivity contribution in [2.45, 2.75) is 38.1 Å². The third kappa shape index (κ3) is 5.91. The topological polar surface area (TPSA) is 116 Å². The van der Waals surface area contributed by atoms with Gasteiger partial charge in [0, 0.05) is 50.0 Å². The molecule has 0 radical (unpaired) electrons. The third-order valence-corrected chi connectivity index (χ3v) is 8.17. The molecule has 1 unspecified atom stereocenters. The molecular formula is C25H30ClN5O4S. The van der Waals surface area contributed by atoms with Crippen molar-refractivity contribution >= 4 is 39.0 Å². The zero-order valence-corrected chi connectivity index (χ0v) is 22.0. The molecule has 11 heteroatoms. The van der Waals surface area contributed by atoms with Gasteiger partial charge in [-0.2, -0.15) is 5.26 Å². The minimum absolute atomic E-state index is 0.0212. The number of aromatic nitrogens is 1. The lowest BCUT2D eigenvalue weighted by Crippen LogP contribution is -2.54. The van der Waals surface area contributed by atoms with E-state index in [0.29, 0.717) is 55.6 Å². The van der Waals surface area contributed by atoms with Gasteiger partial charge < -0.3 is 14.5 Å². The summed E-state index contributed by atoms with van der Waals surface area (Å²) in [6, 6.07) is 11.2. The lowest BCUT2D eigenvalue weighted by molar-refractivity contribution is -0.134. The number of amides is 1. The maximum absolute atomic E-state index is 12.5. The van der Waals surface area contributed by atoms with Crippen molar-refractivity contribution < 1.29 is 17.9 Å². The van der Waals surface area contributed by atoms with Crippen molar-refractivity contribution in [3.05, 3.63) is 41.6 Å². The maximum Gasteiger partial charge on any atom is 0.246 e. The second-order valence-electron chi connectivity index (χ2n) is 9.21. The molecule has 1 saturated carbocycles. The molecule has 192 valence electrons. The second-order valence-corrected chi connectivity index (χ2v) is 11.5. The Hall–Kier alpha value is -2.87. The number of nitriles is 1. The van der Waals surface area contributed by atoms with Gasteiger partial charge in [-0.25, -0.2) is 13.4 Å². The fourth-order valence-electron chi connectivity index (χ4n) is 4.55. The van der Waals surface area contributed by atoms with Gasteiger partial charge in [-0.1, -0.05) is 12.1 Å². The quantitative estimate of drug-likeness (QED) is 0.492.